The first-order valence-electron chi connectivity index (χ1n) is 6.84. The summed E-state index contributed by atoms with van der Waals surface area (Å²) in [5.41, 5.74) is 0.705. The van der Waals surface area contributed by atoms with Gasteiger partial charge >= 0.3 is 0 Å². The molecule has 0 spiro atoms. The highest BCUT2D eigenvalue weighted by atomic mass is 16.7. The number of carbonyl (C=O) groups excluding carboxylic acids is 2. The summed E-state index contributed by atoms with van der Waals surface area (Å²) >= 11 is 0. The summed E-state index contributed by atoms with van der Waals surface area (Å²) in [5.74, 6) is -0.833. The second kappa shape index (κ2) is 6.52. The zero-order valence-corrected chi connectivity index (χ0v) is 12.6. The van der Waals surface area contributed by atoms with Crippen LogP contribution in [0.1, 0.15) is 34.6 Å². The van der Waals surface area contributed by atoms with Gasteiger partial charge in [0, 0.05) is 12.3 Å². The predicted molar refractivity (Wildman–Crippen MR) is 76.7 cm³/mol. The van der Waals surface area contributed by atoms with Crippen molar-refractivity contribution in [2.24, 2.45) is 10.5 Å². The van der Waals surface area contributed by atoms with Crippen LogP contribution in [-0.4, -0.2) is 52.8 Å². The van der Waals surface area contributed by atoms with Crippen LogP contribution in [-0.2, 0) is 4.84 Å². The summed E-state index contributed by atoms with van der Waals surface area (Å²) in [6.07, 6.45) is -0.881. The van der Waals surface area contributed by atoms with Crippen LogP contribution < -0.4 is 0 Å². The van der Waals surface area contributed by atoms with E-state index >= 15 is 0 Å². The minimum Gasteiger partial charge on any atom is -0.394 e. The number of aliphatic hydroxyl groups is 1. The highest BCUT2D eigenvalue weighted by molar-refractivity contribution is 6.21. The molecule has 2 unspecified atom stereocenters. The summed E-state index contributed by atoms with van der Waals surface area (Å²) in [5, 5.41) is 17.6. The largest absolute Gasteiger partial charge is 0.394 e. The maximum Gasteiger partial charge on any atom is 0.264 e. The van der Waals surface area contributed by atoms with Gasteiger partial charge in [-0.2, -0.15) is 0 Å². The third kappa shape index (κ3) is 2.91. The van der Waals surface area contributed by atoms with E-state index in [1.807, 2.05) is 0 Å². The standard InChI is InChI=1S/C14H18N4O4/c1-9(8-19)17(3)15-16-22-10(2)18-13(20)11-6-4-5-7-12(11)14(18)21/h4-7,9-10,19H,8H2,1-3H3. The molecular weight excluding hydrogens is 288 g/mol. The molecule has 8 nitrogen and oxygen atoms in total. The normalized spacial score (nSPS) is 16.8. The predicted octanol–water partition coefficient (Wildman–Crippen LogP) is 1.24. The molecule has 0 saturated heterocycles. The van der Waals surface area contributed by atoms with Gasteiger partial charge in [0.25, 0.3) is 11.8 Å². The lowest BCUT2D eigenvalue weighted by molar-refractivity contribution is -0.0379. The Morgan fingerprint density at radius 1 is 1.23 bits per heavy atom. The SMILES string of the molecule is CC(CO)N(C)N=NOC(C)N1C(=O)c2ccccc2C1=O. The number of hydrogen-bond acceptors (Lipinski definition) is 6. The van der Waals surface area contributed by atoms with Crippen molar-refractivity contribution in [3.05, 3.63) is 35.4 Å². The topological polar surface area (TPSA) is 94.8 Å². The van der Waals surface area contributed by atoms with Crippen molar-refractivity contribution in [1.82, 2.24) is 9.91 Å². The lowest BCUT2D eigenvalue weighted by Crippen LogP contribution is -2.38. The quantitative estimate of drug-likeness (QED) is 0.485. The molecule has 1 heterocycles. The second-order valence-corrected chi connectivity index (χ2v) is 5.01. The van der Waals surface area contributed by atoms with E-state index in [9.17, 15) is 9.59 Å². The number of nitrogens with zero attached hydrogens (tertiary/aromatic N) is 4. The van der Waals surface area contributed by atoms with Gasteiger partial charge in [0.1, 0.15) is 0 Å². The van der Waals surface area contributed by atoms with Crippen LogP contribution in [0.3, 0.4) is 0 Å². The van der Waals surface area contributed by atoms with Crippen molar-refractivity contribution < 1.29 is 19.5 Å². The number of likely N-dealkylation sites (N-methyl/N-ethyl adjacent to an activating group) is 1. The molecule has 0 aliphatic carbocycles. The molecule has 2 amide bonds. The van der Waals surface area contributed by atoms with E-state index in [2.05, 4.69) is 10.5 Å². The van der Waals surface area contributed by atoms with Crippen molar-refractivity contribution in [1.29, 1.82) is 0 Å². The zero-order chi connectivity index (χ0) is 16.3. The average molecular weight is 306 g/mol. The van der Waals surface area contributed by atoms with Crippen LogP contribution in [0.2, 0.25) is 0 Å². The van der Waals surface area contributed by atoms with E-state index in [4.69, 9.17) is 9.94 Å². The Hall–Kier alpha value is -2.48. The summed E-state index contributed by atoms with van der Waals surface area (Å²) in [6, 6.07) is 6.37. The Kier molecular flexibility index (Phi) is 4.71. The molecule has 0 aromatic heterocycles. The van der Waals surface area contributed by atoms with Gasteiger partial charge in [0.2, 0.25) is 6.23 Å². The number of aliphatic hydroxyl groups excluding tert-OH is 1. The van der Waals surface area contributed by atoms with Crippen LogP contribution in [0.4, 0.5) is 0 Å². The summed E-state index contributed by atoms with van der Waals surface area (Å²) in [6.45, 7) is 3.21. The van der Waals surface area contributed by atoms with Gasteiger partial charge in [-0.05, 0) is 31.2 Å². The fraction of sp³-hybridized carbons (Fsp3) is 0.429. The fourth-order valence-electron chi connectivity index (χ4n) is 1.94. The summed E-state index contributed by atoms with van der Waals surface area (Å²) < 4.78 is 0. The molecule has 1 aliphatic heterocycles. The molecular formula is C14H18N4O4. The lowest BCUT2D eigenvalue weighted by atomic mass is 10.1. The van der Waals surface area contributed by atoms with Gasteiger partial charge in [0.05, 0.1) is 23.8 Å². The van der Waals surface area contributed by atoms with E-state index < -0.39 is 18.0 Å². The zero-order valence-electron chi connectivity index (χ0n) is 12.6. The van der Waals surface area contributed by atoms with Crippen LogP contribution in [0.5, 0.6) is 0 Å². The summed E-state index contributed by atoms with van der Waals surface area (Å²) in [7, 11) is 1.63. The number of hydrogen-bond donors (Lipinski definition) is 1. The number of amides is 2. The summed E-state index contributed by atoms with van der Waals surface area (Å²) in [4.78, 5) is 30.5. The molecule has 2 rings (SSSR count). The van der Waals surface area contributed by atoms with Crippen molar-refractivity contribution in [2.75, 3.05) is 13.7 Å². The Morgan fingerprint density at radius 2 is 1.77 bits per heavy atom. The molecule has 1 aromatic carbocycles. The van der Waals surface area contributed by atoms with Gasteiger partial charge < -0.3 is 9.94 Å². The van der Waals surface area contributed by atoms with Gasteiger partial charge in [-0.25, -0.2) is 4.90 Å². The Morgan fingerprint density at radius 3 is 2.27 bits per heavy atom. The molecule has 22 heavy (non-hydrogen) atoms. The van der Waals surface area contributed by atoms with Gasteiger partial charge in [-0.3, -0.25) is 14.6 Å². The van der Waals surface area contributed by atoms with E-state index in [0.29, 0.717) is 11.1 Å². The Balaban J connectivity index is 2.03. The van der Waals surface area contributed by atoms with Gasteiger partial charge in [-0.1, -0.05) is 12.1 Å². The van der Waals surface area contributed by atoms with Crippen LogP contribution in [0, 0.1) is 0 Å². The first kappa shape index (κ1) is 15.9. The highest BCUT2D eigenvalue weighted by Gasteiger charge is 2.39. The minimum atomic E-state index is -0.881. The van der Waals surface area contributed by atoms with Crippen molar-refractivity contribution in [3.63, 3.8) is 0 Å². The van der Waals surface area contributed by atoms with E-state index in [0.717, 1.165) is 4.90 Å². The molecule has 8 heteroatoms. The molecule has 0 bridgehead atoms. The van der Waals surface area contributed by atoms with Crippen LogP contribution in [0.15, 0.2) is 34.8 Å². The van der Waals surface area contributed by atoms with Gasteiger partial charge in [0.15, 0.2) is 0 Å². The second-order valence-electron chi connectivity index (χ2n) is 5.01. The number of rotatable bonds is 6. The van der Waals surface area contributed by atoms with Gasteiger partial charge in [-0.15, -0.1) is 0 Å². The molecule has 1 N–H and O–H groups in total. The molecule has 0 saturated carbocycles. The number of carbonyl (C=O) groups is 2. The average Bonchev–Trinajstić information content (AvgIpc) is 2.78. The Bertz CT molecular complexity index is 569. The number of imide groups is 1. The lowest BCUT2D eigenvalue weighted by Gasteiger charge is -2.21. The van der Waals surface area contributed by atoms with E-state index in [-0.39, 0.29) is 12.6 Å². The number of benzene rings is 1. The molecule has 0 fully saturated rings. The van der Waals surface area contributed by atoms with Crippen LogP contribution in [0.25, 0.3) is 0 Å². The van der Waals surface area contributed by atoms with E-state index in [1.54, 1.807) is 38.2 Å². The monoisotopic (exact) mass is 306 g/mol. The Labute approximate surface area is 127 Å². The van der Waals surface area contributed by atoms with Crippen molar-refractivity contribution in [2.45, 2.75) is 26.1 Å². The smallest absolute Gasteiger partial charge is 0.264 e. The molecule has 1 aromatic rings. The molecule has 0 radical (unpaired) electrons. The fourth-order valence-corrected chi connectivity index (χ4v) is 1.94. The third-order valence-electron chi connectivity index (χ3n) is 3.47. The first-order valence-corrected chi connectivity index (χ1v) is 6.84. The maximum atomic E-state index is 12.2. The van der Waals surface area contributed by atoms with E-state index in [1.165, 1.54) is 11.9 Å². The highest BCUT2D eigenvalue weighted by Crippen LogP contribution is 2.24. The van der Waals surface area contributed by atoms with Crippen LogP contribution >= 0.6 is 0 Å². The molecule has 118 valence electrons. The maximum absolute atomic E-state index is 12.2. The first-order chi connectivity index (χ1) is 10.5. The molecule has 1 aliphatic rings. The minimum absolute atomic E-state index is 0.0799. The number of fused-ring (bicyclic) bond motifs is 1. The van der Waals surface area contributed by atoms with Crippen molar-refractivity contribution >= 4 is 11.8 Å². The molecule has 2 atom stereocenters. The van der Waals surface area contributed by atoms with Crippen molar-refractivity contribution in [3.8, 4) is 0 Å². The third-order valence-corrected chi connectivity index (χ3v) is 3.47.